The van der Waals surface area contributed by atoms with Crippen molar-refractivity contribution in [3.8, 4) is 0 Å². The van der Waals surface area contributed by atoms with Gasteiger partial charge in [-0.15, -0.1) is 23.7 Å². The van der Waals surface area contributed by atoms with Crippen LogP contribution in [0, 0.1) is 6.92 Å². The molecule has 0 bridgehead atoms. The molecule has 6 heteroatoms. The Morgan fingerprint density at radius 1 is 1.36 bits per heavy atom. The highest BCUT2D eigenvalue weighted by atomic mass is 35.5. The lowest BCUT2D eigenvalue weighted by Gasteiger charge is -2.18. The number of hydrogen-bond acceptors (Lipinski definition) is 4. The molecule has 0 saturated carbocycles. The lowest BCUT2D eigenvalue weighted by atomic mass is 10.0. The Labute approximate surface area is 142 Å². The van der Waals surface area contributed by atoms with E-state index < -0.39 is 0 Å². The van der Waals surface area contributed by atoms with Crippen molar-refractivity contribution in [3.05, 3.63) is 51.5 Å². The fourth-order valence-electron chi connectivity index (χ4n) is 2.20. The lowest BCUT2D eigenvalue weighted by molar-refractivity contribution is 0.0785. The maximum absolute atomic E-state index is 12.6. The van der Waals surface area contributed by atoms with E-state index in [2.05, 4.69) is 10.3 Å². The molecular weight excluding hydrogens is 318 g/mol. The SMILES string of the molecule is CNCCc1ccccc1C(=O)N(C)Cc1cnc(C)s1.Cl. The largest absolute Gasteiger partial charge is 0.336 e. The molecule has 4 nitrogen and oxygen atoms in total. The minimum Gasteiger partial charge on any atom is -0.336 e. The zero-order valence-electron chi connectivity index (χ0n) is 13.1. The summed E-state index contributed by atoms with van der Waals surface area (Å²) >= 11 is 1.63. The Kier molecular flexibility index (Phi) is 7.51. The molecule has 0 atom stereocenters. The van der Waals surface area contributed by atoms with Crippen LogP contribution in [0.2, 0.25) is 0 Å². The summed E-state index contributed by atoms with van der Waals surface area (Å²) in [6, 6.07) is 7.83. The quantitative estimate of drug-likeness (QED) is 0.880. The van der Waals surface area contributed by atoms with Crippen LogP contribution in [0.25, 0.3) is 0 Å². The number of thiazole rings is 1. The molecule has 1 aromatic heterocycles. The maximum Gasteiger partial charge on any atom is 0.254 e. The topological polar surface area (TPSA) is 45.2 Å². The number of nitrogens with one attached hydrogen (secondary N) is 1. The Balaban J connectivity index is 0.00000242. The first-order valence-electron chi connectivity index (χ1n) is 7.01. The van der Waals surface area contributed by atoms with Crippen molar-refractivity contribution in [2.24, 2.45) is 0 Å². The van der Waals surface area contributed by atoms with Crippen LogP contribution in [0.4, 0.5) is 0 Å². The maximum atomic E-state index is 12.6. The Morgan fingerprint density at radius 3 is 2.73 bits per heavy atom. The van der Waals surface area contributed by atoms with Gasteiger partial charge in [-0.3, -0.25) is 4.79 Å². The van der Waals surface area contributed by atoms with Crippen LogP contribution in [-0.2, 0) is 13.0 Å². The number of likely N-dealkylation sites (N-methyl/N-ethyl adjacent to an activating group) is 1. The summed E-state index contributed by atoms with van der Waals surface area (Å²) in [6.07, 6.45) is 2.70. The van der Waals surface area contributed by atoms with Crippen molar-refractivity contribution < 1.29 is 4.79 Å². The van der Waals surface area contributed by atoms with Crippen LogP contribution in [0.15, 0.2) is 30.5 Å². The molecule has 0 spiro atoms. The average molecular weight is 340 g/mol. The number of rotatable bonds is 6. The number of aromatic nitrogens is 1. The van der Waals surface area contributed by atoms with Crippen LogP contribution < -0.4 is 5.32 Å². The number of hydrogen-bond donors (Lipinski definition) is 1. The zero-order chi connectivity index (χ0) is 15.2. The molecular formula is C16H22ClN3OS. The standard InChI is InChI=1S/C16H21N3OS.ClH/c1-12-18-10-14(21-12)11-19(3)16(20)15-7-5-4-6-13(15)8-9-17-2;/h4-7,10,17H,8-9,11H2,1-3H3;1H. The molecule has 120 valence electrons. The molecule has 0 aliphatic rings. The van der Waals surface area contributed by atoms with Crippen molar-refractivity contribution in [1.82, 2.24) is 15.2 Å². The molecule has 0 aliphatic heterocycles. The molecule has 1 aromatic carbocycles. The summed E-state index contributed by atoms with van der Waals surface area (Å²) in [5.41, 5.74) is 1.88. The van der Waals surface area contributed by atoms with Crippen LogP contribution in [0.5, 0.6) is 0 Å². The van der Waals surface area contributed by atoms with Crippen LogP contribution in [0.3, 0.4) is 0 Å². The normalized spacial score (nSPS) is 10.1. The van der Waals surface area contributed by atoms with E-state index in [0.29, 0.717) is 6.54 Å². The number of carbonyl (C=O) groups excluding carboxylic acids is 1. The van der Waals surface area contributed by atoms with Crippen molar-refractivity contribution in [1.29, 1.82) is 0 Å². The van der Waals surface area contributed by atoms with Gasteiger partial charge in [0.25, 0.3) is 5.91 Å². The van der Waals surface area contributed by atoms with E-state index in [1.807, 2.05) is 51.5 Å². The summed E-state index contributed by atoms with van der Waals surface area (Å²) in [4.78, 5) is 19.7. The number of benzene rings is 1. The molecule has 0 fully saturated rings. The fourth-order valence-corrected chi connectivity index (χ4v) is 3.04. The van der Waals surface area contributed by atoms with E-state index in [-0.39, 0.29) is 18.3 Å². The first-order chi connectivity index (χ1) is 10.1. The van der Waals surface area contributed by atoms with Crippen LogP contribution in [0.1, 0.15) is 25.8 Å². The van der Waals surface area contributed by atoms with E-state index in [9.17, 15) is 4.79 Å². The van der Waals surface area contributed by atoms with E-state index in [1.165, 1.54) is 0 Å². The van der Waals surface area contributed by atoms with Gasteiger partial charge in [0.2, 0.25) is 0 Å². The molecule has 22 heavy (non-hydrogen) atoms. The van der Waals surface area contributed by atoms with Crippen molar-refractivity contribution in [2.45, 2.75) is 19.9 Å². The number of carbonyl (C=O) groups is 1. The minimum absolute atomic E-state index is 0. The molecule has 0 unspecified atom stereocenters. The van der Waals surface area contributed by atoms with Crippen LogP contribution in [-0.4, -0.2) is 36.4 Å². The van der Waals surface area contributed by atoms with Gasteiger partial charge in [0.15, 0.2) is 0 Å². The van der Waals surface area contributed by atoms with Gasteiger partial charge in [0.05, 0.1) is 11.6 Å². The second-order valence-electron chi connectivity index (χ2n) is 5.02. The predicted octanol–water partition coefficient (Wildman–Crippen LogP) is 2.91. The van der Waals surface area contributed by atoms with Gasteiger partial charge in [0, 0.05) is 23.7 Å². The van der Waals surface area contributed by atoms with Crippen LogP contribution >= 0.6 is 23.7 Å². The van der Waals surface area contributed by atoms with E-state index in [0.717, 1.165) is 34.0 Å². The third-order valence-electron chi connectivity index (χ3n) is 3.30. The van der Waals surface area contributed by atoms with Gasteiger partial charge in [0.1, 0.15) is 0 Å². The number of nitrogens with zero attached hydrogens (tertiary/aromatic N) is 2. The second-order valence-corrected chi connectivity index (χ2v) is 6.34. The monoisotopic (exact) mass is 339 g/mol. The Morgan fingerprint density at radius 2 is 2.09 bits per heavy atom. The third kappa shape index (κ3) is 4.80. The summed E-state index contributed by atoms with van der Waals surface area (Å²) < 4.78 is 0. The highest BCUT2D eigenvalue weighted by Crippen LogP contribution is 2.17. The highest BCUT2D eigenvalue weighted by molar-refractivity contribution is 7.11. The second kappa shape index (κ2) is 8.88. The number of amides is 1. The molecule has 2 aromatic rings. The van der Waals surface area contributed by atoms with E-state index in [1.54, 1.807) is 16.2 Å². The average Bonchev–Trinajstić information content (AvgIpc) is 2.89. The number of aryl methyl sites for hydroxylation is 1. The van der Waals surface area contributed by atoms with Gasteiger partial charge < -0.3 is 10.2 Å². The fraction of sp³-hybridized carbons (Fsp3) is 0.375. The predicted molar refractivity (Wildman–Crippen MR) is 94.0 cm³/mol. The summed E-state index contributed by atoms with van der Waals surface area (Å²) in [5, 5.41) is 4.15. The molecule has 1 heterocycles. The van der Waals surface area contributed by atoms with Crippen molar-refractivity contribution in [3.63, 3.8) is 0 Å². The summed E-state index contributed by atoms with van der Waals surface area (Å²) in [7, 11) is 3.76. The zero-order valence-corrected chi connectivity index (χ0v) is 14.8. The molecule has 0 saturated heterocycles. The van der Waals surface area contributed by atoms with Crippen molar-refractivity contribution >= 4 is 29.7 Å². The van der Waals surface area contributed by atoms with Gasteiger partial charge in [-0.1, -0.05) is 18.2 Å². The molecule has 2 rings (SSSR count). The first kappa shape index (κ1) is 18.6. The highest BCUT2D eigenvalue weighted by Gasteiger charge is 2.16. The lowest BCUT2D eigenvalue weighted by Crippen LogP contribution is -2.27. The van der Waals surface area contributed by atoms with Gasteiger partial charge in [-0.25, -0.2) is 4.98 Å². The van der Waals surface area contributed by atoms with Crippen molar-refractivity contribution in [2.75, 3.05) is 20.6 Å². The Bertz CT molecular complexity index is 615. The minimum atomic E-state index is 0. The van der Waals surface area contributed by atoms with Gasteiger partial charge in [-0.2, -0.15) is 0 Å². The molecule has 1 N–H and O–H groups in total. The smallest absolute Gasteiger partial charge is 0.254 e. The van der Waals surface area contributed by atoms with E-state index in [4.69, 9.17) is 0 Å². The van der Waals surface area contributed by atoms with Gasteiger partial charge >= 0.3 is 0 Å². The first-order valence-corrected chi connectivity index (χ1v) is 7.82. The molecule has 0 aliphatic carbocycles. The summed E-state index contributed by atoms with van der Waals surface area (Å²) in [5.74, 6) is 0.0627. The summed E-state index contributed by atoms with van der Waals surface area (Å²) in [6.45, 7) is 3.44. The molecule has 1 amide bonds. The van der Waals surface area contributed by atoms with E-state index >= 15 is 0 Å². The number of halogens is 1. The van der Waals surface area contributed by atoms with Gasteiger partial charge in [-0.05, 0) is 38.6 Å². The molecule has 0 radical (unpaired) electrons. The third-order valence-corrected chi connectivity index (χ3v) is 4.20. The Hall–Kier alpha value is -1.43.